The van der Waals surface area contributed by atoms with Crippen LogP contribution >= 0.6 is 0 Å². The third-order valence-corrected chi connectivity index (χ3v) is 8.44. The minimum atomic E-state index is -0.711. The molecule has 0 aromatic heterocycles. The Kier molecular flexibility index (Phi) is 19.6. The van der Waals surface area contributed by atoms with Gasteiger partial charge in [-0.1, -0.05) is 92.0 Å². The van der Waals surface area contributed by atoms with Crippen molar-refractivity contribution in [1.29, 1.82) is 0 Å². The molecule has 1 fully saturated rings. The van der Waals surface area contributed by atoms with Crippen LogP contribution in [0.5, 0.6) is 0 Å². The molecule has 2 aliphatic rings. The molecule has 274 valence electrons. The Bertz CT molecular complexity index is 1480. The van der Waals surface area contributed by atoms with Crippen molar-refractivity contribution in [3.05, 3.63) is 108 Å². The van der Waals surface area contributed by atoms with Crippen LogP contribution < -0.4 is 5.32 Å². The van der Waals surface area contributed by atoms with Gasteiger partial charge < -0.3 is 14.4 Å². The van der Waals surface area contributed by atoms with E-state index in [4.69, 9.17) is 9.47 Å². The van der Waals surface area contributed by atoms with Crippen LogP contribution in [-0.2, 0) is 41.6 Å². The van der Waals surface area contributed by atoms with Crippen LogP contribution in [-0.4, -0.2) is 60.2 Å². The summed E-state index contributed by atoms with van der Waals surface area (Å²) in [6.45, 7) is 3.07. The Hall–Kier alpha value is -4.63. The highest BCUT2D eigenvalue weighted by Gasteiger charge is 2.39. The van der Waals surface area contributed by atoms with Crippen molar-refractivity contribution >= 4 is 29.5 Å². The van der Waals surface area contributed by atoms with Gasteiger partial charge in [-0.15, -0.1) is 0 Å². The molecule has 2 heterocycles. The van der Waals surface area contributed by atoms with Gasteiger partial charge in [0.25, 0.3) is 5.91 Å². The number of fused-ring (bicyclic) bond motifs is 1. The lowest BCUT2D eigenvalue weighted by molar-refractivity contribution is -0.144. The molecule has 0 saturated carbocycles. The van der Waals surface area contributed by atoms with E-state index in [0.717, 1.165) is 44.9 Å². The molecule has 1 atom stereocenters. The number of piperidine rings is 1. The lowest BCUT2D eigenvalue weighted by Gasteiger charge is -2.29. The molecule has 1 saturated heterocycles. The zero-order chi connectivity index (χ0) is 36.5. The summed E-state index contributed by atoms with van der Waals surface area (Å²) in [5.74, 6) is -1.33. The van der Waals surface area contributed by atoms with E-state index in [1.807, 2.05) is 0 Å². The molecule has 0 bridgehead atoms. The summed E-state index contributed by atoms with van der Waals surface area (Å²) in [4.78, 5) is 63.0. The quantitative estimate of drug-likeness (QED) is 0.0518. The molecule has 0 aliphatic carbocycles. The Morgan fingerprint density at radius 3 is 2.06 bits per heavy atom. The molecular formula is C42H54N2O7. The van der Waals surface area contributed by atoms with Crippen molar-refractivity contribution in [2.75, 3.05) is 19.8 Å². The molecule has 9 heteroatoms. The molecule has 1 aromatic carbocycles. The number of nitrogens with one attached hydrogen (secondary N) is 1. The van der Waals surface area contributed by atoms with Gasteiger partial charge in [0.1, 0.15) is 18.4 Å². The number of hydrogen-bond acceptors (Lipinski definition) is 7. The molecule has 51 heavy (non-hydrogen) atoms. The molecule has 2 aliphatic heterocycles. The van der Waals surface area contributed by atoms with Crippen molar-refractivity contribution < 1.29 is 33.4 Å². The van der Waals surface area contributed by atoms with Gasteiger partial charge in [0.15, 0.2) is 0 Å². The average molecular weight is 699 g/mol. The zero-order valence-electron chi connectivity index (χ0n) is 30.1. The van der Waals surface area contributed by atoms with Crippen molar-refractivity contribution in [2.45, 2.75) is 103 Å². The fourth-order valence-corrected chi connectivity index (χ4v) is 5.72. The highest BCUT2D eigenvalue weighted by Crippen LogP contribution is 2.30. The topological polar surface area (TPSA) is 119 Å². The fraction of sp³-hybridized carbons (Fsp3) is 0.452. The summed E-state index contributed by atoms with van der Waals surface area (Å²) in [6, 6.07) is 4.46. The van der Waals surface area contributed by atoms with Gasteiger partial charge in [0.05, 0.1) is 13.0 Å². The highest BCUT2D eigenvalue weighted by atomic mass is 16.6. The lowest BCUT2D eigenvalue weighted by atomic mass is 10.0. The number of rotatable bonds is 24. The average Bonchev–Trinajstić information content (AvgIpc) is 3.45. The number of carbonyl (C=O) groups excluding carboxylic acids is 5. The second-order valence-electron chi connectivity index (χ2n) is 12.4. The van der Waals surface area contributed by atoms with E-state index in [-0.39, 0.29) is 56.6 Å². The van der Waals surface area contributed by atoms with E-state index in [0.29, 0.717) is 42.6 Å². The number of allylic oxidation sites excluding steroid dienone is 12. The number of ketones is 1. The van der Waals surface area contributed by atoms with E-state index in [1.54, 1.807) is 18.2 Å². The molecule has 1 unspecified atom stereocenters. The van der Waals surface area contributed by atoms with Crippen molar-refractivity contribution in [1.82, 2.24) is 10.2 Å². The Morgan fingerprint density at radius 1 is 0.804 bits per heavy atom. The Labute approximate surface area is 303 Å². The normalized spacial score (nSPS) is 16.6. The number of benzene rings is 1. The number of carbonyl (C=O) groups is 5. The highest BCUT2D eigenvalue weighted by molar-refractivity contribution is 6.05. The van der Waals surface area contributed by atoms with Gasteiger partial charge >= 0.3 is 5.97 Å². The molecule has 3 amide bonds. The van der Waals surface area contributed by atoms with Gasteiger partial charge in [0.2, 0.25) is 11.8 Å². The first-order valence-corrected chi connectivity index (χ1v) is 18.3. The standard InChI is InChI=1S/C42H54N2O7/c1-2-3-4-5-6-7-8-9-10-11-12-13-14-15-16-17-18-19-20-24-35(45)25-22-29-50-30-31-51-40(47)32-34-23-21-26-36-37(34)33-44(42(36)49)38-27-28-39(46)43-41(38)48/h3-4,6-7,9-10,12-13,15-16,18-19,21,23,26,38H,2,5,8,11,14,17,20,22,24-25,27-33H2,1H3,(H,43,46,48)/b4-3-,7-6-,10-9-,13-12-,16-15-,19-18-. The van der Waals surface area contributed by atoms with Crippen LogP contribution in [0.2, 0.25) is 0 Å². The Morgan fingerprint density at radius 2 is 1.43 bits per heavy atom. The maximum atomic E-state index is 13.0. The van der Waals surface area contributed by atoms with E-state index >= 15 is 0 Å². The summed E-state index contributed by atoms with van der Waals surface area (Å²) in [5.41, 5.74) is 1.83. The third kappa shape index (κ3) is 15.9. The first-order chi connectivity index (χ1) is 24.9. The second kappa shape index (κ2) is 24.5. The summed E-state index contributed by atoms with van der Waals surface area (Å²) in [7, 11) is 0. The number of amides is 3. The van der Waals surface area contributed by atoms with Gasteiger partial charge in [-0.2, -0.15) is 0 Å². The fourth-order valence-electron chi connectivity index (χ4n) is 5.72. The van der Waals surface area contributed by atoms with E-state index in [2.05, 4.69) is 85.2 Å². The van der Waals surface area contributed by atoms with Crippen LogP contribution in [0.4, 0.5) is 0 Å². The van der Waals surface area contributed by atoms with Crippen LogP contribution in [0.25, 0.3) is 0 Å². The summed E-state index contributed by atoms with van der Waals surface area (Å²) >= 11 is 0. The zero-order valence-corrected chi connectivity index (χ0v) is 30.1. The van der Waals surface area contributed by atoms with Crippen LogP contribution in [0, 0.1) is 0 Å². The second-order valence-corrected chi connectivity index (χ2v) is 12.4. The number of imide groups is 1. The SMILES string of the molecule is CC/C=C\C/C=C\C/C=C\C/C=C\C/C=C\C/C=C\CCC(=O)CCCOCCOC(=O)Cc1cccc2c1CN(C1CCC(=O)NC1=O)C2=O. The molecule has 1 N–H and O–H groups in total. The van der Waals surface area contributed by atoms with E-state index in [9.17, 15) is 24.0 Å². The smallest absolute Gasteiger partial charge is 0.310 e. The number of Topliss-reactive ketones (excluding diaryl/α,β-unsaturated/α-hetero) is 1. The number of nitrogens with zero attached hydrogens (tertiary/aromatic N) is 1. The van der Waals surface area contributed by atoms with Crippen molar-refractivity contribution in [3.8, 4) is 0 Å². The Balaban J connectivity index is 1.16. The molecule has 0 radical (unpaired) electrons. The first kappa shape index (κ1) is 40.8. The summed E-state index contributed by atoms with van der Waals surface area (Å²) in [6.07, 6.45) is 34.5. The largest absolute Gasteiger partial charge is 0.463 e. The van der Waals surface area contributed by atoms with Gasteiger partial charge in [-0.05, 0) is 75.0 Å². The van der Waals surface area contributed by atoms with Crippen LogP contribution in [0.15, 0.2) is 91.1 Å². The first-order valence-electron chi connectivity index (χ1n) is 18.3. The van der Waals surface area contributed by atoms with Crippen LogP contribution in [0.1, 0.15) is 105 Å². The van der Waals surface area contributed by atoms with Gasteiger partial charge in [-0.3, -0.25) is 29.3 Å². The van der Waals surface area contributed by atoms with Crippen molar-refractivity contribution in [3.63, 3.8) is 0 Å². The third-order valence-electron chi connectivity index (χ3n) is 8.44. The van der Waals surface area contributed by atoms with Crippen molar-refractivity contribution in [2.24, 2.45) is 0 Å². The van der Waals surface area contributed by atoms with E-state index in [1.165, 1.54) is 4.90 Å². The molecule has 9 nitrogen and oxygen atoms in total. The molecule has 3 rings (SSSR count). The number of ether oxygens (including phenoxy) is 2. The molecule has 1 aromatic rings. The lowest BCUT2D eigenvalue weighted by Crippen LogP contribution is -2.52. The van der Waals surface area contributed by atoms with Crippen LogP contribution in [0.3, 0.4) is 0 Å². The summed E-state index contributed by atoms with van der Waals surface area (Å²) in [5, 5.41) is 2.29. The van der Waals surface area contributed by atoms with Gasteiger partial charge in [-0.25, -0.2) is 0 Å². The minimum absolute atomic E-state index is 0.00902. The molecule has 0 spiro atoms. The van der Waals surface area contributed by atoms with E-state index < -0.39 is 17.9 Å². The minimum Gasteiger partial charge on any atom is -0.463 e. The molecular weight excluding hydrogens is 644 g/mol. The maximum absolute atomic E-state index is 13.0. The summed E-state index contributed by atoms with van der Waals surface area (Å²) < 4.78 is 10.9. The number of esters is 1. The predicted octanol–water partition coefficient (Wildman–Crippen LogP) is 7.38. The number of hydrogen-bond donors (Lipinski definition) is 1. The maximum Gasteiger partial charge on any atom is 0.310 e. The van der Waals surface area contributed by atoms with Gasteiger partial charge in [0, 0.05) is 38.0 Å². The predicted molar refractivity (Wildman–Crippen MR) is 200 cm³/mol. The monoisotopic (exact) mass is 698 g/mol.